The maximum absolute atomic E-state index is 12.8. The molecule has 3 aliphatic rings. The highest BCUT2D eigenvalue weighted by molar-refractivity contribution is 5.82. The van der Waals surface area contributed by atoms with E-state index in [-0.39, 0.29) is 30.5 Å². The second kappa shape index (κ2) is 6.32. The fourth-order valence-electron chi connectivity index (χ4n) is 4.69. The van der Waals surface area contributed by atoms with Gasteiger partial charge in [0.15, 0.2) is 5.79 Å². The summed E-state index contributed by atoms with van der Waals surface area (Å²) in [7, 11) is 0. The molecule has 142 valence electrons. The summed E-state index contributed by atoms with van der Waals surface area (Å²) in [5, 5.41) is 10.5. The van der Waals surface area contributed by atoms with Gasteiger partial charge in [0.2, 0.25) is 0 Å². The van der Waals surface area contributed by atoms with Crippen molar-refractivity contribution in [2.45, 2.75) is 43.8 Å². The number of hydrogen-bond donors (Lipinski definition) is 1. The average Bonchev–Trinajstić information content (AvgIpc) is 3.18. The Kier molecular flexibility index (Phi) is 4.36. The van der Waals surface area contributed by atoms with Crippen molar-refractivity contribution in [1.29, 1.82) is 0 Å². The zero-order valence-electron chi connectivity index (χ0n) is 14.2. The molecule has 1 aromatic rings. The largest absolute Gasteiger partial charge is 0.416 e. The lowest BCUT2D eigenvalue weighted by Crippen LogP contribution is -2.54. The van der Waals surface area contributed by atoms with Crippen molar-refractivity contribution in [2.75, 3.05) is 13.2 Å². The minimum Gasteiger partial charge on any atom is -0.392 e. The molecule has 1 unspecified atom stereocenters. The third-order valence-corrected chi connectivity index (χ3v) is 6.06. The Morgan fingerprint density at radius 1 is 1.27 bits per heavy atom. The highest BCUT2D eigenvalue weighted by atomic mass is 19.4. The molecule has 4 nitrogen and oxygen atoms in total. The topological polar surface area (TPSA) is 55.8 Å². The summed E-state index contributed by atoms with van der Waals surface area (Å²) in [6.45, 7) is 1.07. The fraction of sp³-hybridized carbons (Fsp3) is 0.632. The number of aliphatic hydroxyl groups excluding tert-OH is 1. The van der Waals surface area contributed by atoms with Crippen molar-refractivity contribution in [3.8, 4) is 0 Å². The molecule has 4 atom stereocenters. The molecule has 1 aliphatic heterocycles. The van der Waals surface area contributed by atoms with Crippen molar-refractivity contribution in [2.24, 2.45) is 17.8 Å². The Bertz CT molecular complexity index is 696. The van der Waals surface area contributed by atoms with Gasteiger partial charge in [-0.1, -0.05) is 18.2 Å². The number of carbonyl (C=O) groups is 1. The van der Waals surface area contributed by atoms with E-state index in [1.54, 1.807) is 6.07 Å². The number of alkyl halides is 3. The molecule has 0 aromatic heterocycles. The number of ether oxygens (including phenoxy) is 2. The summed E-state index contributed by atoms with van der Waals surface area (Å²) in [6, 6.07) is 5.04. The summed E-state index contributed by atoms with van der Waals surface area (Å²) in [6.07, 6.45) is -3.62. The molecule has 0 amide bonds. The van der Waals surface area contributed by atoms with Crippen LogP contribution in [0.5, 0.6) is 0 Å². The molecular weight excluding hydrogens is 349 g/mol. The summed E-state index contributed by atoms with van der Waals surface area (Å²) < 4.78 is 49.7. The lowest BCUT2D eigenvalue weighted by Gasteiger charge is -2.48. The molecule has 4 rings (SSSR count). The second-order valence-electron chi connectivity index (χ2n) is 7.48. The molecule has 26 heavy (non-hydrogen) atoms. The first kappa shape index (κ1) is 17.9. The molecule has 0 bridgehead atoms. The maximum atomic E-state index is 12.8. The number of hydrogen-bond acceptors (Lipinski definition) is 4. The van der Waals surface area contributed by atoms with Gasteiger partial charge in [0, 0.05) is 24.7 Å². The standard InChI is InChI=1S/C19H21F3O4/c20-19(21,22)12-3-1-2-11(8-12)4-5-16(23)13-9-15-14(17(13)24)10-18(15)25-6-7-26-18/h1-3,8,13-15,17,24H,4-7,9-10H2/t13-,14+,15-,17?/m0/s1. The summed E-state index contributed by atoms with van der Waals surface area (Å²) >= 11 is 0. The van der Waals surface area contributed by atoms with Crippen molar-refractivity contribution < 1.29 is 32.5 Å². The lowest BCUT2D eigenvalue weighted by atomic mass is 9.69. The number of Topliss-reactive ketones (excluding diaryl/α,β-unsaturated/α-hetero) is 1. The van der Waals surface area contributed by atoms with Gasteiger partial charge in [-0.2, -0.15) is 13.2 Å². The van der Waals surface area contributed by atoms with Gasteiger partial charge in [0.1, 0.15) is 5.78 Å². The molecule has 1 spiro atoms. The van der Waals surface area contributed by atoms with E-state index in [9.17, 15) is 23.1 Å². The van der Waals surface area contributed by atoms with Gasteiger partial charge in [-0.25, -0.2) is 0 Å². The van der Waals surface area contributed by atoms with Crippen molar-refractivity contribution in [1.82, 2.24) is 0 Å². The van der Waals surface area contributed by atoms with E-state index in [2.05, 4.69) is 0 Å². The van der Waals surface area contributed by atoms with Crippen LogP contribution in [0.4, 0.5) is 13.2 Å². The first-order chi connectivity index (χ1) is 12.3. The number of rotatable bonds is 4. The van der Waals surface area contributed by atoms with Crippen LogP contribution in [-0.2, 0) is 26.9 Å². The number of benzene rings is 1. The highest BCUT2D eigenvalue weighted by Gasteiger charge is 2.65. The number of ketones is 1. The van der Waals surface area contributed by atoms with Crippen LogP contribution in [0.2, 0.25) is 0 Å². The quantitative estimate of drug-likeness (QED) is 0.885. The molecule has 1 saturated heterocycles. The summed E-state index contributed by atoms with van der Waals surface area (Å²) in [5.74, 6) is -1.17. The Labute approximate surface area is 149 Å². The zero-order valence-corrected chi connectivity index (χ0v) is 14.2. The van der Waals surface area contributed by atoms with Crippen LogP contribution in [0, 0.1) is 17.8 Å². The lowest BCUT2D eigenvalue weighted by molar-refractivity contribution is -0.275. The molecule has 3 fully saturated rings. The SMILES string of the molecule is O=C(CCc1cccc(C(F)(F)F)c1)[C@@H]1C[C@H]2[C@@H](CC23OCCO3)C1O. The minimum absolute atomic E-state index is 0.00982. The van der Waals surface area contributed by atoms with E-state index in [1.165, 1.54) is 6.07 Å². The van der Waals surface area contributed by atoms with Gasteiger partial charge >= 0.3 is 6.18 Å². The molecule has 7 heteroatoms. The molecule has 0 radical (unpaired) electrons. The maximum Gasteiger partial charge on any atom is 0.416 e. The molecule has 1 N–H and O–H groups in total. The summed E-state index contributed by atoms with van der Waals surface area (Å²) in [5.41, 5.74) is -0.235. The second-order valence-corrected chi connectivity index (χ2v) is 7.48. The van der Waals surface area contributed by atoms with Gasteiger partial charge in [-0.3, -0.25) is 4.79 Å². The Hall–Kier alpha value is -1.44. The van der Waals surface area contributed by atoms with Gasteiger partial charge in [-0.15, -0.1) is 0 Å². The monoisotopic (exact) mass is 370 g/mol. The molecule has 1 heterocycles. The number of carbonyl (C=O) groups excluding carboxylic acids is 1. The van der Waals surface area contributed by atoms with Crippen LogP contribution in [0.25, 0.3) is 0 Å². The molecule has 1 aromatic carbocycles. The predicted octanol–water partition coefficient (Wildman–Crippen LogP) is 2.97. The normalized spacial score (nSPS) is 32.5. The first-order valence-electron chi connectivity index (χ1n) is 8.95. The molecule has 2 aliphatic carbocycles. The van der Waals surface area contributed by atoms with E-state index in [4.69, 9.17) is 9.47 Å². The van der Waals surface area contributed by atoms with Gasteiger partial charge in [0.05, 0.1) is 24.9 Å². The van der Waals surface area contributed by atoms with Gasteiger partial charge in [0.25, 0.3) is 0 Å². The third kappa shape index (κ3) is 2.96. The van der Waals surface area contributed by atoms with Crippen molar-refractivity contribution in [3.05, 3.63) is 35.4 Å². The zero-order chi connectivity index (χ0) is 18.5. The number of fused-ring (bicyclic) bond motifs is 2. The van der Waals surface area contributed by atoms with Crippen molar-refractivity contribution >= 4 is 5.78 Å². The summed E-state index contributed by atoms with van der Waals surface area (Å²) in [4.78, 5) is 12.6. The number of aryl methyl sites for hydroxylation is 1. The van der Waals surface area contributed by atoms with Crippen LogP contribution >= 0.6 is 0 Å². The highest BCUT2D eigenvalue weighted by Crippen LogP contribution is 2.59. The predicted molar refractivity (Wildman–Crippen MR) is 85.1 cm³/mol. The van der Waals surface area contributed by atoms with Crippen LogP contribution < -0.4 is 0 Å². The minimum atomic E-state index is -4.39. The Morgan fingerprint density at radius 2 is 2.00 bits per heavy atom. The van der Waals surface area contributed by atoms with E-state index in [0.29, 0.717) is 31.6 Å². The van der Waals surface area contributed by atoms with E-state index < -0.39 is 29.5 Å². The van der Waals surface area contributed by atoms with E-state index >= 15 is 0 Å². The average molecular weight is 370 g/mol. The Morgan fingerprint density at radius 3 is 2.69 bits per heavy atom. The first-order valence-corrected chi connectivity index (χ1v) is 8.95. The van der Waals surface area contributed by atoms with Gasteiger partial charge in [-0.05, 0) is 30.4 Å². The number of aliphatic hydroxyl groups is 1. The van der Waals surface area contributed by atoms with E-state index in [1.807, 2.05) is 0 Å². The van der Waals surface area contributed by atoms with Crippen LogP contribution in [-0.4, -0.2) is 36.0 Å². The third-order valence-electron chi connectivity index (χ3n) is 6.06. The molecule has 2 saturated carbocycles. The van der Waals surface area contributed by atoms with E-state index in [0.717, 1.165) is 12.1 Å². The Balaban J connectivity index is 1.37. The number of halogens is 3. The van der Waals surface area contributed by atoms with Crippen LogP contribution in [0.1, 0.15) is 30.4 Å². The fourth-order valence-corrected chi connectivity index (χ4v) is 4.69. The van der Waals surface area contributed by atoms with Crippen molar-refractivity contribution in [3.63, 3.8) is 0 Å². The van der Waals surface area contributed by atoms with Gasteiger partial charge < -0.3 is 14.6 Å². The van der Waals surface area contributed by atoms with Crippen LogP contribution in [0.15, 0.2) is 24.3 Å². The molecular formula is C19H21F3O4. The smallest absolute Gasteiger partial charge is 0.392 e. The van der Waals surface area contributed by atoms with Crippen LogP contribution in [0.3, 0.4) is 0 Å².